The molecule has 0 aliphatic rings. The van der Waals surface area contributed by atoms with E-state index in [4.69, 9.17) is 9.47 Å². The van der Waals surface area contributed by atoms with Crippen molar-refractivity contribution in [3.8, 4) is 11.5 Å². The van der Waals surface area contributed by atoms with Crippen molar-refractivity contribution in [2.75, 3.05) is 13.7 Å². The van der Waals surface area contributed by atoms with Crippen molar-refractivity contribution in [3.05, 3.63) is 58.1 Å². The number of halogens is 1. The highest BCUT2D eigenvalue weighted by Gasteiger charge is 2.03. The molecule has 0 aliphatic heterocycles. The van der Waals surface area contributed by atoms with E-state index in [9.17, 15) is 4.79 Å². The van der Waals surface area contributed by atoms with Gasteiger partial charge in [-0.15, -0.1) is 0 Å². The van der Waals surface area contributed by atoms with Crippen LogP contribution in [0.25, 0.3) is 0 Å². The molecule has 0 saturated carbocycles. The highest BCUT2D eigenvalue weighted by atomic mass is 79.9. The summed E-state index contributed by atoms with van der Waals surface area (Å²) in [5.74, 6) is 0.983. The summed E-state index contributed by atoms with van der Waals surface area (Å²) in [6, 6.07) is 13.0. The van der Waals surface area contributed by atoms with Gasteiger partial charge in [-0.05, 0) is 42.8 Å². The van der Waals surface area contributed by atoms with Crippen LogP contribution in [0, 0.1) is 6.92 Å². The van der Waals surface area contributed by atoms with Crippen LogP contribution in [0.4, 0.5) is 0 Å². The Morgan fingerprint density at radius 3 is 2.87 bits per heavy atom. The lowest BCUT2D eigenvalue weighted by Gasteiger charge is -2.06. The van der Waals surface area contributed by atoms with Crippen molar-refractivity contribution in [2.45, 2.75) is 6.92 Å². The van der Waals surface area contributed by atoms with Gasteiger partial charge in [0, 0.05) is 10.0 Å². The first-order valence-electron chi connectivity index (χ1n) is 6.93. The molecule has 0 bridgehead atoms. The first kappa shape index (κ1) is 17.0. The molecule has 0 spiro atoms. The number of methoxy groups -OCH3 is 1. The van der Waals surface area contributed by atoms with Crippen LogP contribution in [0.3, 0.4) is 0 Å². The van der Waals surface area contributed by atoms with Gasteiger partial charge in [-0.25, -0.2) is 5.43 Å². The van der Waals surface area contributed by atoms with Gasteiger partial charge in [-0.2, -0.15) is 5.10 Å². The molecular weight excluding hydrogens is 360 g/mol. The minimum absolute atomic E-state index is 0.101. The number of hydrogen-bond acceptors (Lipinski definition) is 4. The molecule has 0 heterocycles. The number of carbonyl (C=O) groups excluding carboxylic acids is 1. The summed E-state index contributed by atoms with van der Waals surface area (Å²) < 4.78 is 11.5. The van der Waals surface area contributed by atoms with Crippen LogP contribution >= 0.6 is 15.9 Å². The van der Waals surface area contributed by atoms with Gasteiger partial charge in [0.2, 0.25) is 0 Å². The maximum absolute atomic E-state index is 11.7. The van der Waals surface area contributed by atoms with Crippen LogP contribution in [0.1, 0.15) is 11.1 Å². The average molecular weight is 377 g/mol. The molecule has 2 rings (SSSR count). The number of hydrazone groups is 1. The maximum atomic E-state index is 11.7. The van der Waals surface area contributed by atoms with Crippen LogP contribution in [-0.4, -0.2) is 25.8 Å². The molecule has 0 aromatic heterocycles. The molecule has 2 aromatic rings. The molecule has 6 heteroatoms. The first-order valence-corrected chi connectivity index (χ1v) is 7.72. The molecule has 0 unspecified atom stereocenters. The van der Waals surface area contributed by atoms with E-state index < -0.39 is 0 Å². The van der Waals surface area contributed by atoms with Crippen LogP contribution in [0.2, 0.25) is 0 Å². The van der Waals surface area contributed by atoms with Gasteiger partial charge in [-0.3, -0.25) is 4.79 Å². The number of rotatable bonds is 6. The summed E-state index contributed by atoms with van der Waals surface area (Å²) in [4.78, 5) is 11.7. The van der Waals surface area contributed by atoms with E-state index in [1.54, 1.807) is 13.2 Å². The molecule has 1 N–H and O–H groups in total. The molecule has 0 saturated heterocycles. The van der Waals surface area contributed by atoms with Gasteiger partial charge >= 0.3 is 0 Å². The van der Waals surface area contributed by atoms with E-state index in [0.717, 1.165) is 15.6 Å². The Balaban J connectivity index is 1.88. The van der Waals surface area contributed by atoms with Crippen LogP contribution in [0.15, 0.2) is 52.0 Å². The monoisotopic (exact) mass is 376 g/mol. The molecule has 0 fully saturated rings. The number of amides is 1. The van der Waals surface area contributed by atoms with Gasteiger partial charge in [0.1, 0.15) is 11.5 Å². The van der Waals surface area contributed by atoms with Crippen molar-refractivity contribution >= 4 is 28.1 Å². The second kappa shape index (κ2) is 8.33. The standard InChI is InChI=1S/C17H17BrN2O3/c1-12-4-3-5-15(8-12)23-11-17(21)20-19-10-13-9-14(18)6-7-16(13)22-2/h3-10H,11H2,1-2H3,(H,20,21)/b19-10-. The topological polar surface area (TPSA) is 59.9 Å². The van der Waals surface area contributed by atoms with E-state index in [1.165, 1.54) is 6.21 Å². The Labute approximate surface area is 143 Å². The predicted octanol–water partition coefficient (Wildman–Crippen LogP) is 3.30. The number of carbonyl (C=O) groups is 1. The molecular formula is C17H17BrN2O3. The van der Waals surface area contributed by atoms with Crippen molar-refractivity contribution in [3.63, 3.8) is 0 Å². The van der Waals surface area contributed by atoms with Gasteiger partial charge in [0.25, 0.3) is 5.91 Å². The zero-order valence-electron chi connectivity index (χ0n) is 12.9. The Morgan fingerprint density at radius 2 is 2.13 bits per heavy atom. The minimum Gasteiger partial charge on any atom is -0.496 e. The Bertz CT molecular complexity index is 717. The van der Waals surface area contributed by atoms with Crippen LogP contribution in [-0.2, 0) is 4.79 Å². The third-order valence-corrected chi connectivity index (χ3v) is 3.44. The number of nitrogens with one attached hydrogen (secondary N) is 1. The van der Waals surface area contributed by atoms with Crippen molar-refractivity contribution in [2.24, 2.45) is 5.10 Å². The third kappa shape index (κ3) is 5.41. The number of aryl methyl sites for hydroxylation is 1. The number of ether oxygens (including phenoxy) is 2. The molecule has 0 aliphatic carbocycles. The summed E-state index contributed by atoms with van der Waals surface area (Å²) in [7, 11) is 1.58. The average Bonchev–Trinajstić information content (AvgIpc) is 2.53. The summed E-state index contributed by atoms with van der Waals surface area (Å²) in [6.07, 6.45) is 1.52. The zero-order chi connectivity index (χ0) is 16.7. The van der Waals surface area contributed by atoms with Gasteiger partial charge in [-0.1, -0.05) is 28.1 Å². The summed E-state index contributed by atoms with van der Waals surface area (Å²) >= 11 is 3.38. The quantitative estimate of drug-likeness (QED) is 0.621. The normalized spacial score (nSPS) is 10.6. The number of nitrogens with zero attached hydrogens (tertiary/aromatic N) is 1. The predicted molar refractivity (Wildman–Crippen MR) is 93.1 cm³/mol. The molecule has 5 nitrogen and oxygen atoms in total. The lowest BCUT2D eigenvalue weighted by Crippen LogP contribution is -2.24. The van der Waals surface area contributed by atoms with Crippen LogP contribution < -0.4 is 14.9 Å². The Kier molecular flexibility index (Phi) is 6.17. The lowest BCUT2D eigenvalue weighted by atomic mass is 10.2. The Morgan fingerprint density at radius 1 is 1.30 bits per heavy atom. The van der Waals surface area contributed by atoms with E-state index in [0.29, 0.717) is 11.5 Å². The van der Waals surface area contributed by atoms with E-state index in [-0.39, 0.29) is 12.5 Å². The van der Waals surface area contributed by atoms with E-state index in [1.807, 2.05) is 43.3 Å². The van der Waals surface area contributed by atoms with Gasteiger partial charge in [0.15, 0.2) is 6.61 Å². The largest absolute Gasteiger partial charge is 0.496 e. The second-order valence-corrected chi connectivity index (χ2v) is 5.70. The molecule has 0 radical (unpaired) electrons. The van der Waals surface area contributed by atoms with E-state index in [2.05, 4.69) is 26.5 Å². The highest BCUT2D eigenvalue weighted by molar-refractivity contribution is 9.10. The van der Waals surface area contributed by atoms with Crippen molar-refractivity contribution in [1.82, 2.24) is 5.43 Å². The fourth-order valence-electron chi connectivity index (χ4n) is 1.87. The summed E-state index contributed by atoms with van der Waals surface area (Å²) in [5.41, 5.74) is 4.24. The molecule has 0 atom stereocenters. The first-order chi connectivity index (χ1) is 11.1. The SMILES string of the molecule is COc1ccc(Br)cc1/C=N\NC(=O)COc1cccc(C)c1. The zero-order valence-corrected chi connectivity index (χ0v) is 14.5. The van der Waals surface area contributed by atoms with Crippen LogP contribution in [0.5, 0.6) is 11.5 Å². The number of benzene rings is 2. The fourth-order valence-corrected chi connectivity index (χ4v) is 2.24. The van der Waals surface area contributed by atoms with Crippen molar-refractivity contribution < 1.29 is 14.3 Å². The van der Waals surface area contributed by atoms with Crippen molar-refractivity contribution in [1.29, 1.82) is 0 Å². The number of hydrogen-bond donors (Lipinski definition) is 1. The van der Waals surface area contributed by atoms with E-state index >= 15 is 0 Å². The van der Waals surface area contributed by atoms with Gasteiger partial charge < -0.3 is 9.47 Å². The highest BCUT2D eigenvalue weighted by Crippen LogP contribution is 2.21. The molecule has 23 heavy (non-hydrogen) atoms. The molecule has 1 amide bonds. The fraction of sp³-hybridized carbons (Fsp3) is 0.176. The summed E-state index contributed by atoms with van der Waals surface area (Å²) in [5, 5.41) is 3.92. The van der Waals surface area contributed by atoms with Gasteiger partial charge in [0.05, 0.1) is 13.3 Å². The lowest BCUT2D eigenvalue weighted by molar-refractivity contribution is -0.123. The minimum atomic E-state index is -0.336. The third-order valence-electron chi connectivity index (χ3n) is 2.94. The second-order valence-electron chi connectivity index (χ2n) is 4.78. The molecule has 120 valence electrons. The summed E-state index contributed by atoms with van der Waals surface area (Å²) in [6.45, 7) is 1.86. The molecule has 2 aromatic carbocycles. The maximum Gasteiger partial charge on any atom is 0.277 e. The smallest absolute Gasteiger partial charge is 0.277 e. The Hall–Kier alpha value is -2.34.